The number of halogens is 1. The standard InChI is InChI=1S/C18H16ClN3O2/c1-2-13-3-5-14(6-4-13)11-20-23-12-17-21-22-18(24-17)15-7-9-16(19)10-8-15/h3-11H,2,12H2,1H3/b20-11-. The van der Waals surface area contributed by atoms with Gasteiger partial charge in [0.25, 0.3) is 5.89 Å². The number of oxime groups is 1. The molecule has 3 aromatic rings. The van der Waals surface area contributed by atoms with E-state index in [4.69, 9.17) is 20.9 Å². The van der Waals surface area contributed by atoms with Gasteiger partial charge in [-0.2, -0.15) is 0 Å². The monoisotopic (exact) mass is 341 g/mol. The Morgan fingerprint density at radius 1 is 1.08 bits per heavy atom. The maximum absolute atomic E-state index is 5.85. The van der Waals surface area contributed by atoms with Gasteiger partial charge in [0.2, 0.25) is 5.89 Å². The third-order valence-electron chi connectivity index (χ3n) is 3.41. The van der Waals surface area contributed by atoms with E-state index >= 15 is 0 Å². The third-order valence-corrected chi connectivity index (χ3v) is 3.66. The lowest BCUT2D eigenvalue weighted by atomic mass is 10.1. The van der Waals surface area contributed by atoms with E-state index < -0.39 is 0 Å². The van der Waals surface area contributed by atoms with E-state index in [9.17, 15) is 0 Å². The van der Waals surface area contributed by atoms with Crippen molar-refractivity contribution in [2.45, 2.75) is 20.0 Å². The maximum atomic E-state index is 5.85. The fourth-order valence-electron chi connectivity index (χ4n) is 2.05. The van der Waals surface area contributed by atoms with Gasteiger partial charge in [-0.15, -0.1) is 10.2 Å². The van der Waals surface area contributed by atoms with Crippen molar-refractivity contribution in [3.8, 4) is 11.5 Å². The summed E-state index contributed by atoms with van der Waals surface area (Å²) in [4.78, 5) is 5.20. The van der Waals surface area contributed by atoms with Gasteiger partial charge < -0.3 is 9.25 Å². The van der Waals surface area contributed by atoms with Crippen LogP contribution in [0.2, 0.25) is 5.02 Å². The molecule has 0 radical (unpaired) electrons. The normalized spacial score (nSPS) is 11.1. The van der Waals surface area contributed by atoms with Crippen LogP contribution in [-0.2, 0) is 17.9 Å². The van der Waals surface area contributed by atoms with Crippen LogP contribution in [0.5, 0.6) is 0 Å². The van der Waals surface area contributed by atoms with Gasteiger partial charge in [0, 0.05) is 10.6 Å². The fourth-order valence-corrected chi connectivity index (χ4v) is 2.18. The zero-order valence-electron chi connectivity index (χ0n) is 13.1. The first-order valence-electron chi connectivity index (χ1n) is 7.57. The van der Waals surface area contributed by atoms with Crippen LogP contribution in [0.25, 0.3) is 11.5 Å². The van der Waals surface area contributed by atoms with Gasteiger partial charge >= 0.3 is 0 Å². The van der Waals surface area contributed by atoms with Crippen LogP contribution in [0.4, 0.5) is 0 Å². The molecule has 0 fully saturated rings. The molecule has 0 saturated carbocycles. The van der Waals surface area contributed by atoms with Crippen LogP contribution in [0.15, 0.2) is 58.1 Å². The molecule has 2 aromatic carbocycles. The summed E-state index contributed by atoms with van der Waals surface area (Å²) in [7, 11) is 0. The number of hydrogen-bond acceptors (Lipinski definition) is 5. The largest absolute Gasteiger partial charge is 0.417 e. The molecule has 6 heteroatoms. The molecular weight excluding hydrogens is 326 g/mol. The minimum atomic E-state index is 0.115. The fraction of sp³-hybridized carbons (Fsp3) is 0.167. The van der Waals surface area contributed by atoms with Crippen LogP contribution < -0.4 is 0 Å². The van der Waals surface area contributed by atoms with E-state index in [2.05, 4.69) is 34.4 Å². The second kappa shape index (κ2) is 7.75. The quantitative estimate of drug-likeness (QED) is 0.489. The predicted octanol–water partition coefficient (Wildman–Crippen LogP) is 4.50. The summed E-state index contributed by atoms with van der Waals surface area (Å²) < 4.78 is 5.53. The molecule has 0 aliphatic carbocycles. The Bertz CT molecular complexity index is 811. The Hall–Kier alpha value is -2.66. The van der Waals surface area contributed by atoms with Gasteiger partial charge in [0.15, 0.2) is 6.61 Å². The molecule has 1 heterocycles. The number of nitrogens with zero attached hydrogens (tertiary/aromatic N) is 3. The summed E-state index contributed by atoms with van der Waals surface area (Å²) in [6.45, 7) is 2.24. The maximum Gasteiger partial charge on any atom is 0.257 e. The van der Waals surface area contributed by atoms with Crippen molar-refractivity contribution in [2.75, 3.05) is 0 Å². The second-order valence-electron chi connectivity index (χ2n) is 5.11. The molecule has 0 aliphatic rings. The van der Waals surface area contributed by atoms with Crippen LogP contribution in [0.1, 0.15) is 23.9 Å². The van der Waals surface area contributed by atoms with E-state index in [1.54, 1.807) is 18.3 Å². The van der Waals surface area contributed by atoms with Crippen molar-refractivity contribution in [2.24, 2.45) is 5.16 Å². The lowest BCUT2D eigenvalue weighted by Gasteiger charge is -1.97. The van der Waals surface area contributed by atoms with Gasteiger partial charge in [-0.05, 0) is 41.8 Å². The molecule has 0 spiro atoms. The van der Waals surface area contributed by atoms with E-state index in [0.29, 0.717) is 16.8 Å². The smallest absolute Gasteiger partial charge is 0.257 e. The number of rotatable bonds is 6. The van der Waals surface area contributed by atoms with Gasteiger partial charge in [0.05, 0.1) is 6.21 Å². The molecule has 1 aromatic heterocycles. The summed E-state index contributed by atoms with van der Waals surface area (Å²) in [5, 5.41) is 12.5. The van der Waals surface area contributed by atoms with Crippen molar-refractivity contribution in [3.05, 3.63) is 70.6 Å². The molecule has 0 amide bonds. The van der Waals surface area contributed by atoms with Crippen molar-refractivity contribution >= 4 is 17.8 Å². The highest BCUT2D eigenvalue weighted by Gasteiger charge is 2.08. The Morgan fingerprint density at radius 2 is 1.83 bits per heavy atom. The van der Waals surface area contributed by atoms with Gasteiger partial charge in [-0.25, -0.2) is 0 Å². The highest BCUT2D eigenvalue weighted by molar-refractivity contribution is 6.30. The molecule has 0 bridgehead atoms. The topological polar surface area (TPSA) is 60.5 Å². The molecule has 122 valence electrons. The lowest BCUT2D eigenvalue weighted by molar-refractivity contribution is 0.112. The molecule has 3 rings (SSSR count). The van der Waals surface area contributed by atoms with E-state index in [1.165, 1.54) is 5.56 Å². The number of aromatic nitrogens is 2. The molecule has 24 heavy (non-hydrogen) atoms. The molecular formula is C18H16ClN3O2. The lowest BCUT2D eigenvalue weighted by Crippen LogP contribution is -1.89. The second-order valence-corrected chi connectivity index (χ2v) is 5.55. The summed E-state index contributed by atoms with van der Waals surface area (Å²) >= 11 is 5.85. The average molecular weight is 342 g/mol. The first-order chi connectivity index (χ1) is 11.7. The Labute approximate surface area is 144 Å². The van der Waals surface area contributed by atoms with Crippen molar-refractivity contribution in [1.82, 2.24) is 10.2 Å². The highest BCUT2D eigenvalue weighted by Crippen LogP contribution is 2.20. The molecule has 0 aliphatic heterocycles. The van der Waals surface area contributed by atoms with E-state index in [1.807, 2.05) is 24.3 Å². The average Bonchev–Trinajstić information content (AvgIpc) is 3.09. The molecule has 0 unspecified atom stereocenters. The predicted molar refractivity (Wildman–Crippen MR) is 92.9 cm³/mol. The van der Waals surface area contributed by atoms with Gasteiger partial charge in [0.1, 0.15) is 0 Å². The Morgan fingerprint density at radius 3 is 2.54 bits per heavy atom. The Kier molecular flexibility index (Phi) is 5.23. The van der Waals surface area contributed by atoms with Crippen LogP contribution >= 0.6 is 11.6 Å². The van der Waals surface area contributed by atoms with Crippen molar-refractivity contribution < 1.29 is 9.25 Å². The van der Waals surface area contributed by atoms with Crippen molar-refractivity contribution in [1.29, 1.82) is 0 Å². The molecule has 0 saturated heterocycles. The first kappa shape index (κ1) is 16.2. The SMILES string of the molecule is CCc1ccc(/C=N\OCc2nnc(-c3ccc(Cl)cc3)o2)cc1. The summed E-state index contributed by atoms with van der Waals surface area (Å²) in [5.41, 5.74) is 3.06. The zero-order chi connectivity index (χ0) is 16.8. The minimum absolute atomic E-state index is 0.115. The van der Waals surface area contributed by atoms with Crippen LogP contribution in [0, 0.1) is 0 Å². The number of benzene rings is 2. The molecule has 0 N–H and O–H groups in total. The van der Waals surface area contributed by atoms with Gasteiger partial charge in [-0.1, -0.05) is 47.9 Å². The van der Waals surface area contributed by atoms with E-state index in [0.717, 1.165) is 17.5 Å². The van der Waals surface area contributed by atoms with Crippen molar-refractivity contribution in [3.63, 3.8) is 0 Å². The number of aryl methyl sites for hydroxylation is 1. The minimum Gasteiger partial charge on any atom is -0.417 e. The summed E-state index contributed by atoms with van der Waals surface area (Å²) in [6, 6.07) is 15.3. The Balaban J connectivity index is 1.55. The third kappa shape index (κ3) is 4.20. The van der Waals surface area contributed by atoms with E-state index in [-0.39, 0.29) is 6.61 Å². The molecule has 0 atom stereocenters. The summed E-state index contributed by atoms with van der Waals surface area (Å²) in [6.07, 6.45) is 2.66. The van der Waals surface area contributed by atoms with Crippen LogP contribution in [0.3, 0.4) is 0 Å². The highest BCUT2D eigenvalue weighted by atomic mass is 35.5. The summed E-state index contributed by atoms with van der Waals surface area (Å²) in [5.74, 6) is 0.780. The van der Waals surface area contributed by atoms with Gasteiger partial charge in [-0.3, -0.25) is 0 Å². The molecule has 5 nitrogen and oxygen atoms in total. The van der Waals surface area contributed by atoms with Crippen LogP contribution in [-0.4, -0.2) is 16.4 Å². The zero-order valence-corrected chi connectivity index (χ0v) is 13.9. The number of hydrogen-bond donors (Lipinski definition) is 0. The first-order valence-corrected chi connectivity index (χ1v) is 7.95.